The molecule has 1 fully saturated rings. The molecule has 1 aromatic rings. The van der Waals surface area contributed by atoms with E-state index in [9.17, 15) is 14.7 Å². The van der Waals surface area contributed by atoms with E-state index >= 15 is 0 Å². The summed E-state index contributed by atoms with van der Waals surface area (Å²) in [4.78, 5) is 34.5. The molecule has 0 amide bonds. The molecule has 4 rings (SSSR count). The van der Waals surface area contributed by atoms with Crippen molar-refractivity contribution in [3.8, 4) is 5.75 Å². The Kier molecular flexibility index (Phi) is 3.65. The van der Waals surface area contributed by atoms with Crippen LogP contribution in [0.1, 0.15) is 10.5 Å². The largest absolute Gasteiger partial charge is 0.478 e. The number of carbonyl (C=O) groups is 2. The lowest BCUT2D eigenvalue weighted by Gasteiger charge is -2.32. The summed E-state index contributed by atoms with van der Waals surface area (Å²) in [6.45, 7) is 2.59. The van der Waals surface area contributed by atoms with E-state index in [0.29, 0.717) is 37.9 Å². The molecular weight excluding hydrogens is 328 g/mol. The Balaban J connectivity index is 1.69. The first kappa shape index (κ1) is 15.6. The number of rotatable bonds is 2. The van der Waals surface area contributed by atoms with Gasteiger partial charge in [-0.1, -0.05) is 0 Å². The first-order chi connectivity index (χ1) is 12.0. The van der Waals surface area contributed by atoms with E-state index in [1.807, 2.05) is 4.90 Å². The molecule has 3 aliphatic heterocycles. The Morgan fingerprint density at radius 1 is 1.32 bits per heavy atom. The van der Waals surface area contributed by atoms with Crippen LogP contribution in [0.5, 0.6) is 5.75 Å². The molecule has 9 nitrogen and oxygen atoms in total. The predicted molar refractivity (Wildman–Crippen MR) is 86.8 cm³/mol. The van der Waals surface area contributed by atoms with E-state index < -0.39 is 18.1 Å². The molecule has 0 aromatic carbocycles. The second kappa shape index (κ2) is 5.85. The van der Waals surface area contributed by atoms with Gasteiger partial charge in [-0.3, -0.25) is 4.79 Å². The molecule has 0 aliphatic carbocycles. The maximum atomic E-state index is 12.8. The van der Waals surface area contributed by atoms with Crippen LogP contribution >= 0.6 is 0 Å². The van der Waals surface area contributed by atoms with Crippen LogP contribution in [0.4, 0.5) is 5.82 Å². The first-order valence-electron chi connectivity index (χ1n) is 7.88. The third-order valence-corrected chi connectivity index (χ3v) is 4.39. The number of pyridine rings is 1. The maximum absolute atomic E-state index is 12.8. The molecule has 1 aromatic heterocycles. The van der Waals surface area contributed by atoms with E-state index in [1.165, 1.54) is 6.08 Å². The van der Waals surface area contributed by atoms with Crippen molar-refractivity contribution in [1.29, 1.82) is 0 Å². The highest BCUT2D eigenvalue weighted by Crippen LogP contribution is 2.35. The van der Waals surface area contributed by atoms with Crippen molar-refractivity contribution in [2.45, 2.75) is 6.23 Å². The molecule has 0 saturated carbocycles. The summed E-state index contributed by atoms with van der Waals surface area (Å²) < 4.78 is 11.0. The fraction of sp³-hybridized carbons (Fsp3) is 0.375. The number of amidine groups is 1. The minimum absolute atomic E-state index is 0.150. The van der Waals surface area contributed by atoms with Crippen molar-refractivity contribution >= 4 is 23.4 Å². The lowest BCUT2D eigenvalue weighted by molar-refractivity contribution is -0.132. The number of aromatic nitrogens is 1. The Bertz CT molecular complexity index is 813. The zero-order valence-corrected chi connectivity index (χ0v) is 13.2. The third-order valence-electron chi connectivity index (χ3n) is 4.39. The van der Waals surface area contributed by atoms with Crippen molar-refractivity contribution in [3.05, 3.63) is 29.5 Å². The van der Waals surface area contributed by atoms with E-state index in [4.69, 9.17) is 15.2 Å². The molecule has 4 heterocycles. The molecule has 3 aliphatic rings. The third kappa shape index (κ3) is 2.62. The maximum Gasteiger partial charge on any atom is 0.339 e. The smallest absolute Gasteiger partial charge is 0.339 e. The van der Waals surface area contributed by atoms with Crippen LogP contribution in [0.25, 0.3) is 0 Å². The number of Topliss-reactive ketones (excluding diaryl/α,β-unsaturated/α-hetero) is 1. The van der Waals surface area contributed by atoms with Gasteiger partial charge in [-0.05, 0) is 18.2 Å². The number of carboxylic acids is 1. The highest BCUT2D eigenvalue weighted by atomic mass is 16.5. The van der Waals surface area contributed by atoms with Crippen molar-refractivity contribution in [2.24, 2.45) is 16.6 Å². The van der Waals surface area contributed by atoms with Crippen LogP contribution < -0.4 is 15.4 Å². The number of aliphatic carboxylic acids is 1. The number of ketones is 1. The summed E-state index contributed by atoms with van der Waals surface area (Å²) in [7, 11) is 0. The van der Waals surface area contributed by atoms with E-state index in [-0.39, 0.29) is 22.9 Å². The fourth-order valence-corrected chi connectivity index (χ4v) is 3.08. The number of carboxylic acid groups (broad SMARTS) is 1. The Hall–Kier alpha value is -2.94. The molecule has 130 valence electrons. The Labute approximate surface area is 142 Å². The van der Waals surface area contributed by atoms with Gasteiger partial charge in [0.2, 0.25) is 6.23 Å². The van der Waals surface area contributed by atoms with Crippen LogP contribution in [0.3, 0.4) is 0 Å². The monoisotopic (exact) mass is 344 g/mol. The zero-order chi connectivity index (χ0) is 17.6. The average molecular weight is 344 g/mol. The minimum Gasteiger partial charge on any atom is -0.478 e. The summed E-state index contributed by atoms with van der Waals surface area (Å²) in [5.41, 5.74) is 5.64. The van der Waals surface area contributed by atoms with Gasteiger partial charge in [0, 0.05) is 13.1 Å². The van der Waals surface area contributed by atoms with E-state index in [0.717, 1.165) is 0 Å². The van der Waals surface area contributed by atoms with Gasteiger partial charge in [-0.25, -0.2) is 14.8 Å². The van der Waals surface area contributed by atoms with Crippen molar-refractivity contribution < 1.29 is 24.2 Å². The number of anilines is 1. The van der Waals surface area contributed by atoms with E-state index in [2.05, 4.69) is 9.98 Å². The van der Waals surface area contributed by atoms with Crippen molar-refractivity contribution in [1.82, 2.24) is 4.98 Å². The number of hydrogen-bond acceptors (Lipinski definition) is 8. The lowest BCUT2D eigenvalue weighted by atomic mass is 9.91. The molecule has 0 bridgehead atoms. The molecule has 2 unspecified atom stereocenters. The van der Waals surface area contributed by atoms with Gasteiger partial charge in [0.15, 0.2) is 17.2 Å². The molecule has 25 heavy (non-hydrogen) atoms. The van der Waals surface area contributed by atoms with Crippen LogP contribution in [0.2, 0.25) is 0 Å². The quantitative estimate of drug-likeness (QED) is 0.756. The molecular formula is C16H16N4O5. The normalized spacial score (nSPS) is 25.3. The van der Waals surface area contributed by atoms with Gasteiger partial charge >= 0.3 is 5.97 Å². The predicted octanol–water partition coefficient (Wildman–Crippen LogP) is -0.183. The van der Waals surface area contributed by atoms with Gasteiger partial charge in [0.25, 0.3) is 0 Å². The second-order valence-corrected chi connectivity index (χ2v) is 5.91. The minimum atomic E-state index is -1.23. The molecule has 1 saturated heterocycles. The highest BCUT2D eigenvalue weighted by molar-refractivity contribution is 6.19. The van der Waals surface area contributed by atoms with Gasteiger partial charge in [-0.2, -0.15) is 0 Å². The summed E-state index contributed by atoms with van der Waals surface area (Å²) >= 11 is 0. The van der Waals surface area contributed by atoms with Gasteiger partial charge < -0.3 is 25.2 Å². The number of ether oxygens (including phenoxy) is 2. The highest BCUT2D eigenvalue weighted by Gasteiger charge is 2.41. The van der Waals surface area contributed by atoms with Crippen molar-refractivity contribution in [2.75, 3.05) is 31.2 Å². The Morgan fingerprint density at radius 2 is 2.08 bits per heavy atom. The number of dihydropyridines is 1. The standard InChI is InChI=1S/C16H16N4O5/c17-14-9(16(22)23)7-8-13(21)12-10(25-15(8)19-14)1-2-11(18-12)20-3-5-24-6-4-20/h1-2,7-8,15H,3-6H2,(H2,17,19)(H,22,23). The second-order valence-electron chi connectivity index (χ2n) is 5.91. The first-order valence-corrected chi connectivity index (χ1v) is 7.88. The molecule has 0 radical (unpaired) electrons. The number of hydrogen-bond donors (Lipinski definition) is 2. The Morgan fingerprint density at radius 3 is 2.80 bits per heavy atom. The summed E-state index contributed by atoms with van der Waals surface area (Å²) in [5, 5.41) is 9.18. The SMILES string of the molecule is NC1=NC2Oc3ccc(N4CCOCC4)nc3C(=O)C2C=C1C(=O)O. The number of aliphatic imine (C=N–C) groups is 1. The van der Waals surface area contributed by atoms with Gasteiger partial charge in [-0.15, -0.1) is 0 Å². The summed E-state index contributed by atoms with van der Waals surface area (Å²) in [6, 6.07) is 3.47. The number of morpholine rings is 1. The molecule has 9 heteroatoms. The number of nitrogens with two attached hydrogens (primary N) is 1. The fourth-order valence-electron chi connectivity index (χ4n) is 3.08. The van der Waals surface area contributed by atoms with Crippen LogP contribution in [-0.2, 0) is 9.53 Å². The van der Waals surface area contributed by atoms with Crippen LogP contribution in [0, 0.1) is 5.92 Å². The van der Waals surface area contributed by atoms with Gasteiger partial charge in [0.05, 0.1) is 18.8 Å². The number of nitrogens with zero attached hydrogens (tertiary/aromatic N) is 3. The molecule has 2 atom stereocenters. The topological polar surface area (TPSA) is 127 Å². The van der Waals surface area contributed by atoms with Crippen molar-refractivity contribution in [3.63, 3.8) is 0 Å². The number of carbonyl (C=O) groups excluding carboxylic acids is 1. The van der Waals surface area contributed by atoms with Gasteiger partial charge in [0.1, 0.15) is 17.6 Å². The average Bonchev–Trinajstić information content (AvgIpc) is 2.62. The molecule has 3 N–H and O–H groups in total. The van der Waals surface area contributed by atoms with Crippen LogP contribution in [-0.4, -0.2) is 60.2 Å². The lowest BCUT2D eigenvalue weighted by Crippen LogP contribution is -2.42. The zero-order valence-electron chi connectivity index (χ0n) is 13.2. The summed E-state index contributed by atoms with van der Waals surface area (Å²) in [5.74, 6) is -1.56. The van der Waals surface area contributed by atoms with E-state index in [1.54, 1.807) is 12.1 Å². The number of fused-ring (bicyclic) bond motifs is 2. The van der Waals surface area contributed by atoms with Crippen LogP contribution in [0.15, 0.2) is 28.8 Å². The summed E-state index contributed by atoms with van der Waals surface area (Å²) in [6.07, 6.45) is 0.433. The molecule has 0 spiro atoms.